The number of esters is 1. The molecule has 0 heterocycles. The molecule has 5 nitrogen and oxygen atoms in total. The zero-order valence-electron chi connectivity index (χ0n) is 15.2. The normalized spacial score (nSPS) is 15.2. The number of ether oxygens (including phenoxy) is 2. The van der Waals surface area contributed by atoms with Gasteiger partial charge in [0.1, 0.15) is 5.75 Å². The van der Waals surface area contributed by atoms with Crippen molar-refractivity contribution in [2.24, 2.45) is 0 Å². The Morgan fingerprint density at radius 2 is 1.64 bits per heavy atom. The van der Waals surface area contributed by atoms with Crippen LogP contribution in [0.5, 0.6) is 5.75 Å². The van der Waals surface area contributed by atoms with Crippen molar-refractivity contribution in [2.75, 3.05) is 11.9 Å². The number of halogens is 2. The Hall–Kier alpha value is -2.96. The van der Waals surface area contributed by atoms with Crippen LogP contribution >= 0.6 is 0 Å². The summed E-state index contributed by atoms with van der Waals surface area (Å²) >= 11 is 0. The van der Waals surface area contributed by atoms with Gasteiger partial charge in [-0.2, -0.15) is 8.78 Å². The second-order valence-electron chi connectivity index (χ2n) is 6.65. The molecular formula is C21H21F2NO4. The highest BCUT2D eigenvalue weighted by molar-refractivity contribution is 5.95. The van der Waals surface area contributed by atoms with Crippen molar-refractivity contribution >= 4 is 17.6 Å². The van der Waals surface area contributed by atoms with E-state index in [1.807, 2.05) is 30.3 Å². The maximum atomic E-state index is 12.8. The van der Waals surface area contributed by atoms with E-state index in [-0.39, 0.29) is 11.4 Å². The molecule has 1 aliphatic carbocycles. The lowest BCUT2D eigenvalue weighted by molar-refractivity contribution is -0.153. The highest BCUT2D eigenvalue weighted by Crippen LogP contribution is 2.42. The third kappa shape index (κ3) is 4.47. The molecule has 0 saturated heterocycles. The lowest BCUT2D eigenvalue weighted by Crippen LogP contribution is -2.36. The van der Waals surface area contributed by atoms with Crippen LogP contribution in [0, 0.1) is 0 Å². The van der Waals surface area contributed by atoms with Crippen molar-refractivity contribution in [3.63, 3.8) is 0 Å². The summed E-state index contributed by atoms with van der Waals surface area (Å²) in [6.45, 7) is -3.51. The van der Waals surface area contributed by atoms with Gasteiger partial charge in [0.2, 0.25) is 0 Å². The molecule has 28 heavy (non-hydrogen) atoms. The summed E-state index contributed by atoms with van der Waals surface area (Å²) in [6, 6.07) is 15.2. The molecule has 1 fully saturated rings. The molecule has 1 N–H and O–H groups in total. The quantitative estimate of drug-likeness (QED) is 0.718. The van der Waals surface area contributed by atoms with Crippen LogP contribution in [0.15, 0.2) is 54.6 Å². The van der Waals surface area contributed by atoms with Gasteiger partial charge in [-0.15, -0.1) is 0 Å². The number of hydrogen-bond acceptors (Lipinski definition) is 4. The van der Waals surface area contributed by atoms with E-state index >= 15 is 0 Å². The van der Waals surface area contributed by atoms with Crippen LogP contribution in [0.25, 0.3) is 0 Å². The zero-order chi connectivity index (χ0) is 20.0. The minimum absolute atomic E-state index is 0.0856. The monoisotopic (exact) mass is 389 g/mol. The van der Waals surface area contributed by atoms with Crippen molar-refractivity contribution in [1.82, 2.24) is 0 Å². The smallest absolute Gasteiger partial charge is 0.387 e. The zero-order valence-corrected chi connectivity index (χ0v) is 15.2. The summed E-state index contributed by atoms with van der Waals surface area (Å²) in [7, 11) is 0. The first-order valence-corrected chi connectivity index (χ1v) is 9.08. The first-order valence-electron chi connectivity index (χ1n) is 9.08. The number of rotatable bonds is 7. The fourth-order valence-electron chi connectivity index (χ4n) is 3.57. The van der Waals surface area contributed by atoms with Gasteiger partial charge in [0, 0.05) is 0 Å². The highest BCUT2D eigenvalue weighted by Gasteiger charge is 2.44. The molecular weight excluding hydrogens is 368 g/mol. The summed E-state index contributed by atoms with van der Waals surface area (Å²) < 4.78 is 34.6. The summed E-state index contributed by atoms with van der Waals surface area (Å²) in [4.78, 5) is 25.0. The van der Waals surface area contributed by atoms with Crippen LogP contribution < -0.4 is 10.1 Å². The number of amides is 1. The van der Waals surface area contributed by atoms with E-state index in [1.54, 1.807) is 6.07 Å². The molecule has 1 amide bonds. The van der Waals surface area contributed by atoms with Crippen LogP contribution in [-0.2, 0) is 19.7 Å². The lowest BCUT2D eigenvalue weighted by Gasteiger charge is -2.27. The summed E-state index contributed by atoms with van der Waals surface area (Å²) in [6.07, 6.45) is 3.16. The van der Waals surface area contributed by atoms with E-state index in [0.717, 1.165) is 18.4 Å². The van der Waals surface area contributed by atoms with Gasteiger partial charge in [0.25, 0.3) is 5.91 Å². The first kappa shape index (κ1) is 19.8. The lowest BCUT2D eigenvalue weighted by atomic mass is 9.79. The van der Waals surface area contributed by atoms with Gasteiger partial charge < -0.3 is 14.8 Å². The van der Waals surface area contributed by atoms with E-state index in [0.29, 0.717) is 12.8 Å². The van der Waals surface area contributed by atoms with Crippen LogP contribution in [0.2, 0.25) is 0 Å². The van der Waals surface area contributed by atoms with Gasteiger partial charge in [-0.25, -0.2) is 0 Å². The topological polar surface area (TPSA) is 64.6 Å². The van der Waals surface area contributed by atoms with Gasteiger partial charge in [-0.3, -0.25) is 9.59 Å². The molecule has 0 spiro atoms. The third-order valence-corrected chi connectivity index (χ3v) is 4.89. The largest absolute Gasteiger partial charge is 0.455 e. The fourth-order valence-corrected chi connectivity index (χ4v) is 3.57. The van der Waals surface area contributed by atoms with E-state index in [1.165, 1.54) is 18.2 Å². The number of nitrogens with one attached hydrogen (secondary N) is 1. The predicted octanol–water partition coefficient (Wildman–Crippen LogP) is 4.28. The Bertz CT molecular complexity index is 820. The molecule has 1 saturated carbocycles. The molecule has 0 unspecified atom stereocenters. The molecule has 0 bridgehead atoms. The number of hydrogen-bond donors (Lipinski definition) is 1. The van der Waals surface area contributed by atoms with Gasteiger partial charge in [-0.05, 0) is 30.5 Å². The molecule has 2 aromatic rings. The minimum atomic E-state index is -3.01. The van der Waals surface area contributed by atoms with E-state index in [4.69, 9.17) is 4.74 Å². The number of anilines is 1. The first-order chi connectivity index (χ1) is 13.5. The van der Waals surface area contributed by atoms with Gasteiger partial charge in [0.15, 0.2) is 6.61 Å². The Morgan fingerprint density at radius 3 is 2.32 bits per heavy atom. The van der Waals surface area contributed by atoms with Gasteiger partial charge >= 0.3 is 12.6 Å². The SMILES string of the molecule is O=C(COC(=O)C1(c2ccccc2)CCCC1)Nc1ccccc1OC(F)F. The van der Waals surface area contributed by atoms with Crippen molar-refractivity contribution in [1.29, 1.82) is 0 Å². The minimum Gasteiger partial charge on any atom is -0.455 e. The van der Waals surface area contributed by atoms with Crippen LogP contribution in [0.4, 0.5) is 14.5 Å². The number of carbonyl (C=O) groups is 2. The Morgan fingerprint density at radius 1 is 1.00 bits per heavy atom. The molecule has 7 heteroatoms. The number of benzene rings is 2. The second-order valence-corrected chi connectivity index (χ2v) is 6.65. The van der Waals surface area contributed by atoms with Gasteiger partial charge in [0.05, 0.1) is 11.1 Å². The van der Waals surface area contributed by atoms with Crippen LogP contribution in [0.3, 0.4) is 0 Å². The van der Waals surface area contributed by atoms with Crippen LogP contribution in [-0.4, -0.2) is 25.1 Å². The maximum absolute atomic E-state index is 12.8. The average Bonchev–Trinajstić information content (AvgIpc) is 3.19. The molecule has 3 rings (SSSR count). The number of carbonyl (C=O) groups excluding carboxylic acids is 2. The molecule has 0 atom stereocenters. The Labute approximate surface area is 161 Å². The average molecular weight is 389 g/mol. The van der Waals surface area contributed by atoms with E-state index < -0.39 is 30.5 Å². The Balaban J connectivity index is 1.64. The highest BCUT2D eigenvalue weighted by atomic mass is 19.3. The number of para-hydroxylation sites is 2. The fraction of sp³-hybridized carbons (Fsp3) is 0.333. The molecule has 148 valence electrons. The summed E-state index contributed by atoms with van der Waals surface area (Å²) in [5.74, 6) is -1.22. The second kappa shape index (κ2) is 8.82. The predicted molar refractivity (Wildman–Crippen MR) is 99.3 cm³/mol. The summed E-state index contributed by atoms with van der Waals surface area (Å²) in [5.41, 5.74) is 0.231. The molecule has 2 aromatic carbocycles. The maximum Gasteiger partial charge on any atom is 0.387 e. The van der Waals surface area contributed by atoms with Crippen LogP contribution in [0.1, 0.15) is 31.2 Å². The van der Waals surface area contributed by atoms with Crippen molar-refractivity contribution in [2.45, 2.75) is 37.7 Å². The Kier molecular flexibility index (Phi) is 6.23. The summed E-state index contributed by atoms with van der Waals surface area (Å²) in [5, 5.41) is 2.44. The molecule has 0 aromatic heterocycles. The van der Waals surface area contributed by atoms with Crippen molar-refractivity contribution in [3.05, 3.63) is 60.2 Å². The van der Waals surface area contributed by atoms with E-state index in [2.05, 4.69) is 10.1 Å². The van der Waals surface area contributed by atoms with Crippen molar-refractivity contribution in [3.8, 4) is 5.75 Å². The standard InChI is InChI=1S/C21H21F2NO4/c22-20(23)28-17-11-5-4-10-16(17)24-18(25)14-27-19(26)21(12-6-7-13-21)15-8-2-1-3-9-15/h1-5,8-11,20H,6-7,12-14H2,(H,24,25). The molecule has 0 radical (unpaired) electrons. The molecule has 0 aliphatic heterocycles. The third-order valence-electron chi connectivity index (χ3n) is 4.89. The van der Waals surface area contributed by atoms with E-state index in [9.17, 15) is 18.4 Å². The van der Waals surface area contributed by atoms with Crippen molar-refractivity contribution < 1.29 is 27.8 Å². The van der Waals surface area contributed by atoms with Gasteiger partial charge in [-0.1, -0.05) is 55.3 Å². The number of alkyl halides is 2. The molecule has 1 aliphatic rings.